The Bertz CT molecular complexity index is 305. The van der Waals surface area contributed by atoms with Crippen molar-refractivity contribution in [2.24, 2.45) is 11.3 Å². The maximum atomic E-state index is 11.5. The van der Waals surface area contributed by atoms with Gasteiger partial charge in [-0.3, -0.25) is 9.59 Å². The summed E-state index contributed by atoms with van der Waals surface area (Å²) >= 11 is 0. The van der Waals surface area contributed by atoms with E-state index in [9.17, 15) is 9.59 Å². The first-order valence-electron chi connectivity index (χ1n) is 4.46. The quantitative estimate of drug-likeness (QED) is 0.411. The molecule has 0 fully saturated rings. The van der Waals surface area contributed by atoms with E-state index in [1.54, 1.807) is 6.92 Å². The first kappa shape index (κ1) is 10.8. The van der Waals surface area contributed by atoms with E-state index in [0.29, 0.717) is 12.0 Å². The lowest BCUT2D eigenvalue weighted by molar-refractivity contribution is -0.164. The number of hydrogen-bond acceptors (Lipinski definition) is 3. The average Bonchev–Trinajstić information content (AvgIpc) is 2.41. The molecule has 0 aliphatic heterocycles. The third-order valence-electron chi connectivity index (χ3n) is 2.73. The molecule has 0 bridgehead atoms. The molecule has 0 saturated heterocycles. The van der Waals surface area contributed by atoms with Gasteiger partial charge in [-0.2, -0.15) is 0 Å². The average molecular weight is 198 g/mol. The van der Waals surface area contributed by atoms with Crippen molar-refractivity contribution in [3.05, 3.63) is 11.6 Å². The summed E-state index contributed by atoms with van der Waals surface area (Å²) in [6, 6.07) is 0. The third-order valence-corrected chi connectivity index (χ3v) is 2.73. The minimum absolute atomic E-state index is 0.102. The number of carboxylic acid groups (broad SMARTS) is 1. The number of ether oxygens (including phenoxy) is 1. The van der Waals surface area contributed by atoms with Crippen LogP contribution in [0.1, 0.15) is 20.3 Å². The Hall–Kier alpha value is -1.32. The fourth-order valence-electron chi connectivity index (χ4n) is 2.03. The molecule has 1 N–H and O–H groups in total. The molecule has 0 aromatic rings. The molecule has 78 valence electrons. The fourth-order valence-corrected chi connectivity index (χ4v) is 2.03. The molecule has 1 aliphatic rings. The number of allylic oxidation sites excluding steroid dienone is 1. The summed E-state index contributed by atoms with van der Waals surface area (Å²) < 4.78 is 4.56. The van der Waals surface area contributed by atoms with Crippen molar-refractivity contribution in [1.29, 1.82) is 0 Å². The van der Waals surface area contributed by atoms with Gasteiger partial charge in [0, 0.05) is 0 Å². The van der Waals surface area contributed by atoms with Crippen molar-refractivity contribution in [3.8, 4) is 0 Å². The Morgan fingerprint density at radius 3 is 2.50 bits per heavy atom. The summed E-state index contributed by atoms with van der Waals surface area (Å²) in [4.78, 5) is 22.6. The van der Waals surface area contributed by atoms with Crippen molar-refractivity contribution in [2.45, 2.75) is 20.3 Å². The van der Waals surface area contributed by atoms with Gasteiger partial charge in [0.05, 0.1) is 7.11 Å². The summed E-state index contributed by atoms with van der Waals surface area (Å²) in [5, 5.41) is 9.11. The van der Waals surface area contributed by atoms with Crippen molar-refractivity contribution in [2.75, 3.05) is 7.11 Å². The van der Waals surface area contributed by atoms with Crippen LogP contribution in [0.3, 0.4) is 0 Å². The Morgan fingerprint density at radius 2 is 2.21 bits per heavy atom. The zero-order valence-electron chi connectivity index (χ0n) is 8.53. The first-order valence-corrected chi connectivity index (χ1v) is 4.46. The lowest BCUT2D eigenvalue weighted by Gasteiger charge is -2.23. The Balaban J connectivity index is 3.15. The van der Waals surface area contributed by atoms with Crippen LogP contribution in [-0.4, -0.2) is 24.2 Å². The highest BCUT2D eigenvalue weighted by Crippen LogP contribution is 2.42. The van der Waals surface area contributed by atoms with E-state index in [0.717, 1.165) is 0 Å². The van der Waals surface area contributed by atoms with Crippen LogP contribution in [0.4, 0.5) is 0 Å². The molecule has 1 aliphatic carbocycles. The van der Waals surface area contributed by atoms with Crippen molar-refractivity contribution < 1.29 is 19.4 Å². The highest BCUT2D eigenvalue weighted by Gasteiger charge is 2.52. The molecule has 0 aromatic heterocycles. The third kappa shape index (κ3) is 1.31. The zero-order chi connectivity index (χ0) is 10.9. The van der Waals surface area contributed by atoms with Gasteiger partial charge in [0.2, 0.25) is 0 Å². The van der Waals surface area contributed by atoms with Crippen LogP contribution >= 0.6 is 0 Å². The SMILES string of the molecule is COC(=O)C1(C(=O)O)CC(C)C=C1C. The molecule has 0 amide bonds. The standard InChI is InChI=1S/C10H14O4/c1-6-4-7(2)10(5-6,8(11)12)9(13)14-3/h4,6H,5H2,1-3H3,(H,11,12). The van der Waals surface area contributed by atoms with Crippen LogP contribution < -0.4 is 0 Å². The summed E-state index contributed by atoms with van der Waals surface area (Å²) in [6.45, 7) is 3.55. The molecule has 0 spiro atoms. The van der Waals surface area contributed by atoms with E-state index in [-0.39, 0.29) is 5.92 Å². The molecule has 0 saturated carbocycles. The van der Waals surface area contributed by atoms with E-state index in [1.165, 1.54) is 7.11 Å². The van der Waals surface area contributed by atoms with Gasteiger partial charge in [0.15, 0.2) is 5.41 Å². The number of carboxylic acids is 1. The summed E-state index contributed by atoms with van der Waals surface area (Å²) in [5.41, 5.74) is -0.877. The number of aliphatic carboxylic acids is 1. The maximum absolute atomic E-state index is 11.5. The van der Waals surface area contributed by atoms with Gasteiger partial charge in [-0.25, -0.2) is 0 Å². The Morgan fingerprint density at radius 1 is 1.64 bits per heavy atom. The highest BCUT2D eigenvalue weighted by molar-refractivity contribution is 6.03. The Kier molecular flexibility index (Phi) is 2.64. The minimum atomic E-state index is -1.45. The molecule has 0 radical (unpaired) electrons. The lowest BCUT2D eigenvalue weighted by atomic mass is 9.81. The smallest absolute Gasteiger partial charge is 0.327 e. The number of esters is 1. The van der Waals surface area contributed by atoms with Gasteiger partial charge < -0.3 is 9.84 Å². The highest BCUT2D eigenvalue weighted by atomic mass is 16.5. The predicted molar refractivity (Wildman–Crippen MR) is 49.6 cm³/mol. The van der Waals surface area contributed by atoms with Crippen LogP contribution in [0, 0.1) is 11.3 Å². The maximum Gasteiger partial charge on any atom is 0.327 e. The molecule has 2 unspecified atom stereocenters. The monoisotopic (exact) mass is 198 g/mol. The van der Waals surface area contributed by atoms with Crippen molar-refractivity contribution in [3.63, 3.8) is 0 Å². The molecule has 2 atom stereocenters. The van der Waals surface area contributed by atoms with E-state index in [1.807, 2.05) is 13.0 Å². The number of methoxy groups -OCH3 is 1. The summed E-state index contributed by atoms with van der Waals surface area (Å²) in [5.74, 6) is -1.70. The van der Waals surface area contributed by atoms with E-state index in [2.05, 4.69) is 4.74 Å². The molecule has 1 rings (SSSR count). The second-order valence-electron chi connectivity index (χ2n) is 3.73. The number of carbonyl (C=O) groups excluding carboxylic acids is 1. The van der Waals surface area contributed by atoms with Crippen molar-refractivity contribution >= 4 is 11.9 Å². The topological polar surface area (TPSA) is 63.6 Å². The van der Waals surface area contributed by atoms with Crippen LogP contribution in [-0.2, 0) is 14.3 Å². The predicted octanol–water partition coefficient (Wildman–Crippen LogP) is 1.22. The second kappa shape index (κ2) is 3.44. The largest absolute Gasteiger partial charge is 0.480 e. The van der Waals surface area contributed by atoms with Gasteiger partial charge in [-0.05, 0) is 24.8 Å². The van der Waals surface area contributed by atoms with Gasteiger partial charge in [0.25, 0.3) is 0 Å². The van der Waals surface area contributed by atoms with E-state index in [4.69, 9.17) is 5.11 Å². The lowest BCUT2D eigenvalue weighted by Crippen LogP contribution is -2.39. The van der Waals surface area contributed by atoms with E-state index < -0.39 is 17.4 Å². The molecule has 0 aromatic carbocycles. The number of rotatable bonds is 2. The van der Waals surface area contributed by atoms with Crippen LogP contribution in [0.2, 0.25) is 0 Å². The van der Waals surface area contributed by atoms with Crippen molar-refractivity contribution in [1.82, 2.24) is 0 Å². The summed E-state index contributed by atoms with van der Waals surface area (Å²) in [7, 11) is 1.21. The van der Waals surface area contributed by atoms with Crippen LogP contribution in [0.25, 0.3) is 0 Å². The summed E-state index contributed by atoms with van der Waals surface area (Å²) in [6.07, 6.45) is 2.10. The molecular formula is C10H14O4. The van der Waals surface area contributed by atoms with E-state index >= 15 is 0 Å². The minimum Gasteiger partial charge on any atom is -0.480 e. The Labute approximate surface area is 82.6 Å². The van der Waals surface area contributed by atoms with Crippen LogP contribution in [0.15, 0.2) is 11.6 Å². The normalized spacial score (nSPS) is 31.1. The van der Waals surface area contributed by atoms with Gasteiger partial charge in [-0.1, -0.05) is 13.0 Å². The molecular weight excluding hydrogens is 184 g/mol. The zero-order valence-corrected chi connectivity index (χ0v) is 8.53. The van der Waals surface area contributed by atoms with Gasteiger partial charge in [0.1, 0.15) is 0 Å². The van der Waals surface area contributed by atoms with Gasteiger partial charge >= 0.3 is 11.9 Å². The molecule has 4 nitrogen and oxygen atoms in total. The number of carbonyl (C=O) groups is 2. The van der Waals surface area contributed by atoms with Crippen LogP contribution in [0.5, 0.6) is 0 Å². The number of hydrogen-bond donors (Lipinski definition) is 1. The van der Waals surface area contributed by atoms with Gasteiger partial charge in [-0.15, -0.1) is 0 Å². The second-order valence-corrected chi connectivity index (χ2v) is 3.73. The molecule has 14 heavy (non-hydrogen) atoms. The molecule has 4 heteroatoms. The first-order chi connectivity index (χ1) is 6.45. The fraction of sp³-hybridized carbons (Fsp3) is 0.600. The molecule has 0 heterocycles.